The van der Waals surface area contributed by atoms with Crippen molar-refractivity contribution in [2.45, 2.75) is 56.1 Å². The van der Waals surface area contributed by atoms with E-state index in [-0.39, 0.29) is 55.0 Å². The fraction of sp³-hybridized carbons (Fsp3) is 0.500. The van der Waals surface area contributed by atoms with Crippen LogP contribution in [0, 0.1) is 11.8 Å². The number of H-pyrrole nitrogens is 1. The van der Waals surface area contributed by atoms with Crippen molar-refractivity contribution in [3.8, 4) is 0 Å². The number of nitrogens with one attached hydrogen (secondary N) is 2. The Bertz CT molecular complexity index is 1450. The third-order valence-corrected chi connectivity index (χ3v) is 9.30. The minimum atomic E-state index is -4.04. The van der Waals surface area contributed by atoms with Crippen molar-refractivity contribution in [2.75, 3.05) is 32.0 Å². The molecule has 41 heavy (non-hydrogen) atoms. The van der Waals surface area contributed by atoms with Crippen LogP contribution in [-0.2, 0) is 30.7 Å². The van der Waals surface area contributed by atoms with Gasteiger partial charge in [0.1, 0.15) is 6.10 Å². The van der Waals surface area contributed by atoms with Crippen molar-refractivity contribution in [1.29, 1.82) is 0 Å². The molecule has 0 aliphatic carbocycles. The number of aromatic nitrogens is 2. The summed E-state index contributed by atoms with van der Waals surface area (Å²) in [6.07, 6.45) is -1.78. The Balaban J connectivity index is 1.35. The summed E-state index contributed by atoms with van der Waals surface area (Å²) < 4.78 is 45.7. The molecule has 1 unspecified atom stereocenters. The summed E-state index contributed by atoms with van der Waals surface area (Å²) in [4.78, 5) is 13.0. The number of anilines is 1. The van der Waals surface area contributed by atoms with E-state index in [1.54, 1.807) is 6.07 Å². The molecular weight excluding hydrogens is 550 g/mol. The molecule has 2 fully saturated rings. The molecule has 2 aliphatic rings. The number of aliphatic hydroxyl groups is 1. The molecule has 1 aromatic heterocycles. The summed E-state index contributed by atoms with van der Waals surface area (Å²) in [5, 5.41) is 21.4. The molecule has 1 amide bonds. The van der Waals surface area contributed by atoms with E-state index in [9.17, 15) is 18.3 Å². The molecule has 0 saturated carbocycles. The summed E-state index contributed by atoms with van der Waals surface area (Å²) in [6.45, 7) is 4.48. The molecular formula is C28H37N5O7S. The highest BCUT2D eigenvalue weighted by molar-refractivity contribution is 7.89. The lowest BCUT2D eigenvalue weighted by Gasteiger charge is -2.31. The van der Waals surface area contributed by atoms with E-state index in [0.717, 1.165) is 12.0 Å². The van der Waals surface area contributed by atoms with Crippen molar-refractivity contribution in [3.63, 3.8) is 0 Å². The third kappa shape index (κ3) is 6.65. The molecule has 12 nitrogen and oxygen atoms in total. The van der Waals surface area contributed by atoms with Crippen LogP contribution >= 0.6 is 0 Å². The molecule has 13 heteroatoms. The van der Waals surface area contributed by atoms with Gasteiger partial charge in [0.25, 0.3) is 0 Å². The highest BCUT2D eigenvalue weighted by atomic mass is 32.2. The lowest BCUT2D eigenvalue weighted by atomic mass is 10.0. The number of aromatic amines is 1. The standard InChI is InChI=1S/C28H37N5O7S/c1-17(2)14-33(41(36,37)19-8-9-22-21(13-19)26(29)32-31-22)15-24(34)23(12-18-6-4-3-5-7-18)30-28(35)40-25-16-39-27-20(25)10-11-38-27/h3-9,13,17,20,23-25,27,34H,10-12,14-16H2,1-2H3,(H,30,35)(H3,29,31,32)/t20-,23-,24+,25?,27+/m0/s1. The zero-order chi connectivity index (χ0) is 29.1. The van der Waals surface area contributed by atoms with Crippen molar-refractivity contribution >= 4 is 32.8 Å². The molecule has 3 heterocycles. The summed E-state index contributed by atoms with van der Waals surface area (Å²) >= 11 is 0. The van der Waals surface area contributed by atoms with Crippen LogP contribution in [-0.4, -0.2) is 85.0 Å². The number of fused-ring (bicyclic) bond motifs is 2. The SMILES string of the molecule is CC(C)CN(C[C@@H](O)[C@H](Cc1ccccc1)NC(=O)OC1CO[C@H]2OCC[C@@H]12)S(=O)(=O)c1ccc2[nH]nc(N)c2c1. The van der Waals surface area contributed by atoms with Gasteiger partial charge in [0, 0.05) is 18.5 Å². The minimum Gasteiger partial charge on any atom is -0.443 e. The Kier molecular flexibility index (Phi) is 8.80. The summed E-state index contributed by atoms with van der Waals surface area (Å²) in [7, 11) is -4.04. The number of nitrogens with zero attached hydrogens (tertiary/aromatic N) is 2. The second-order valence-electron chi connectivity index (χ2n) is 11.0. The van der Waals surface area contributed by atoms with Gasteiger partial charge in [0.05, 0.1) is 41.7 Å². The van der Waals surface area contributed by atoms with Crippen LogP contribution in [0.3, 0.4) is 0 Å². The van der Waals surface area contributed by atoms with Crippen LogP contribution in [0.4, 0.5) is 10.6 Å². The average molecular weight is 588 g/mol. The number of amides is 1. The largest absolute Gasteiger partial charge is 0.443 e. The number of carbonyl (C=O) groups is 1. The summed E-state index contributed by atoms with van der Waals surface area (Å²) in [6, 6.07) is 13.1. The average Bonchev–Trinajstić information content (AvgIpc) is 3.66. The van der Waals surface area contributed by atoms with Crippen molar-refractivity contribution < 1.29 is 32.5 Å². The van der Waals surface area contributed by atoms with E-state index in [0.29, 0.717) is 17.5 Å². The third-order valence-electron chi connectivity index (χ3n) is 7.47. The van der Waals surface area contributed by atoms with Gasteiger partial charge >= 0.3 is 6.09 Å². The highest BCUT2D eigenvalue weighted by Gasteiger charge is 2.44. The zero-order valence-electron chi connectivity index (χ0n) is 23.1. The molecule has 2 aliphatic heterocycles. The number of benzene rings is 2. The van der Waals surface area contributed by atoms with Gasteiger partial charge in [-0.25, -0.2) is 13.2 Å². The number of nitrogen functional groups attached to an aromatic ring is 1. The molecule has 2 saturated heterocycles. The molecule has 5 rings (SSSR count). The van der Waals surface area contributed by atoms with Crippen LogP contribution in [0.5, 0.6) is 0 Å². The second kappa shape index (κ2) is 12.3. The predicted octanol–water partition coefficient (Wildman–Crippen LogP) is 2.25. The quantitative estimate of drug-likeness (QED) is 0.263. The van der Waals surface area contributed by atoms with Gasteiger partial charge in [-0.1, -0.05) is 44.2 Å². The predicted molar refractivity (Wildman–Crippen MR) is 151 cm³/mol. The first-order valence-electron chi connectivity index (χ1n) is 13.8. The van der Waals surface area contributed by atoms with Gasteiger partial charge in [-0.3, -0.25) is 5.10 Å². The molecule has 5 N–H and O–H groups in total. The van der Waals surface area contributed by atoms with Gasteiger partial charge in [0.15, 0.2) is 12.1 Å². The highest BCUT2D eigenvalue weighted by Crippen LogP contribution is 2.33. The Hall–Kier alpha value is -3.23. The van der Waals surface area contributed by atoms with Gasteiger partial charge in [-0.2, -0.15) is 9.40 Å². The van der Waals surface area contributed by atoms with Crippen molar-refractivity contribution in [2.24, 2.45) is 11.8 Å². The van der Waals surface area contributed by atoms with E-state index >= 15 is 0 Å². The first-order chi connectivity index (χ1) is 19.6. The van der Waals surface area contributed by atoms with Crippen LogP contribution < -0.4 is 11.1 Å². The van der Waals surface area contributed by atoms with Gasteiger partial charge < -0.3 is 30.4 Å². The Morgan fingerprint density at radius 3 is 2.76 bits per heavy atom. The van der Waals surface area contributed by atoms with Crippen LogP contribution in [0.25, 0.3) is 10.9 Å². The molecule has 0 spiro atoms. The maximum absolute atomic E-state index is 13.8. The van der Waals surface area contributed by atoms with Crippen LogP contribution in [0.2, 0.25) is 0 Å². The molecule has 0 bridgehead atoms. The normalized spacial score (nSPS) is 22.2. The van der Waals surface area contributed by atoms with Crippen LogP contribution in [0.15, 0.2) is 53.4 Å². The Morgan fingerprint density at radius 1 is 1.22 bits per heavy atom. The fourth-order valence-electron chi connectivity index (χ4n) is 5.36. The number of hydrogen-bond donors (Lipinski definition) is 4. The minimum absolute atomic E-state index is 0.0332. The molecule has 222 valence electrons. The number of alkyl carbamates (subject to hydrolysis) is 1. The maximum Gasteiger partial charge on any atom is 0.407 e. The summed E-state index contributed by atoms with van der Waals surface area (Å²) in [5.41, 5.74) is 7.40. The molecule has 5 atom stereocenters. The first kappa shape index (κ1) is 29.3. The van der Waals surface area contributed by atoms with E-state index < -0.39 is 34.4 Å². The van der Waals surface area contributed by atoms with Crippen molar-refractivity contribution in [1.82, 2.24) is 19.8 Å². The van der Waals surface area contributed by atoms with E-state index in [2.05, 4.69) is 15.5 Å². The van der Waals surface area contributed by atoms with E-state index in [4.69, 9.17) is 19.9 Å². The van der Waals surface area contributed by atoms with E-state index in [1.165, 1.54) is 16.4 Å². The number of sulfonamides is 1. The zero-order valence-corrected chi connectivity index (χ0v) is 23.9. The van der Waals surface area contributed by atoms with Gasteiger partial charge in [-0.05, 0) is 42.5 Å². The van der Waals surface area contributed by atoms with Crippen molar-refractivity contribution in [3.05, 3.63) is 54.1 Å². The molecule has 3 aromatic rings. The van der Waals surface area contributed by atoms with Gasteiger partial charge in [-0.15, -0.1) is 0 Å². The number of aliphatic hydroxyl groups excluding tert-OH is 1. The topological polar surface area (TPSA) is 169 Å². The number of nitrogens with two attached hydrogens (primary N) is 1. The maximum atomic E-state index is 13.8. The second-order valence-corrected chi connectivity index (χ2v) is 12.9. The smallest absolute Gasteiger partial charge is 0.407 e. The number of ether oxygens (including phenoxy) is 3. The Labute approximate surface area is 239 Å². The van der Waals surface area contributed by atoms with E-state index in [1.807, 2.05) is 44.2 Å². The number of hydrogen-bond acceptors (Lipinski definition) is 9. The number of carbonyl (C=O) groups excluding carboxylic acids is 1. The first-order valence-corrected chi connectivity index (χ1v) is 15.2. The Morgan fingerprint density at radius 2 is 2.00 bits per heavy atom. The van der Waals surface area contributed by atoms with Crippen LogP contribution in [0.1, 0.15) is 25.8 Å². The molecule has 2 aromatic carbocycles. The lowest BCUT2D eigenvalue weighted by molar-refractivity contribution is -0.0907. The molecule has 0 radical (unpaired) electrons. The monoisotopic (exact) mass is 587 g/mol. The summed E-state index contributed by atoms with van der Waals surface area (Å²) in [5.74, 6) is 0.127. The van der Waals surface area contributed by atoms with Gasteiger partial charge in [0.2, 0.25) is 10.0 Å². The number of rotatable bonds is 11. The lowest BCUT2D eigenvalue weighted by Crippen LogP contribution is -2.51. The fourth-order valence-corrected chi connectivity index (χ4v) is 7.01.